The van der Waals surface area contributed by atoms with Crippen molar-refractivity contribution in [3.05, 3.63) is 16.5 Å². The Labute approximate surface area is 126 Å². The maximum atomic E-state index is 13.0. The van der Waals surface area contributed by atoms with Crippen molar-refractivity contribution < 1.29 is 23.9 Å². The minimum atomic E-state index is -1.19. The molecule has 6 nitrogen and oxygen atoms in total. The number of aliphatic hydroxyl groups excluding tert-OH is 1. The summed E-state index contributed by atoms with van der Waals surface area (Å²) in [6.07, 6.45) is 3.26. The summed E-state index contributed by atoms with van der Waals surface area (Å²) in [6.45, 7) is 1.78. The van der Waals surface area contributed by atoms with Gasteiger partial charge in [-0.25, -0.2) is 4.79 Å². The van der Waals surface area contributed by atoms with Crippen LogP contribution in [-0.4, -0.2) is 55.2 Å². The van der Waals surface area contributed by atoms with Gasteiger partial charge < -0.3 is 20.1 Å². The van der Waals surface area contributed by atoms with E-state index >= 15 is 0 Å². The van der Waals surface area contributed by atoms with Crippen LogP contribution in [0.15, 0.2) is 11.3 Å². The summed E-state index contributed by atoms with van der Waals surface area (Å²) in [5.74, 6) is -1.48. The highest BCUT2D eigenvalue weighted by Crippen LogP contribution is 2.56. The number of aliphatic carboxylic acids is 1. The predicted octanol–water partition coefficient (Wildman–Crippen LogP) is 0.580. The second-order valence-corrected chi connectivity index (χ2v) is 8.07. The molecule has 0 bridgehead atoms. The molecular weight excluding hydrogens is 294 g/mol. The number of fused-ring (bicyclic) bond motifs is 3. The van der Waals surface area contributed by atoms with Gasteiger partial charge in [0.25, 0.3) is 0 Å². The Morgan fingerprint density at radius 1 is 1.48 bits per heavy atom. The molecule has 0 spiro atoms. The minimum Gasteiger partial charge on any atom is -0.627 e. The van der Waals surface area contributed by atoms with Gasteiger partial charge in [0.15, 0.2) is 0 Å². The molecule has 1 aliphatic carbocycles. The monoisotopic (exact) mass is 315 g/mol. The van der Waals surface area contributed by atoms with Crippen LogP contribution in [0.2, 0.25) is 0 Å². The summed E-state index contributed by atoms with van der Waals surface area (Å²) < 4.78 is 11.2. The summed E-state index contributed by atoms with van der Waals surface area (Å²) in [6, 6.07) is -0.405. The fourth-order valence-corrected chi connectivity index (χ4v) is 5.73. The lowest BCUT2D eigenvalue weighted by atomic mass is 9.72. The number of hydrogen-bond donors (Lipinski definition) is 2. The SMILES string of the molecule is CC(O)[C@H]1C[N+]2([O-])C(C(=O)O)=C3[C@H](CCC[C@@H]3S(C)=O)[C@H]12. The molecule has 0 aromatic carbocycles. The third kappa shape index (κ3) is 1.94. The second kappa shape index (κ2) is 4.87. The molecule has 3 aliphatic rings. The molecule has 7 heteroatoms. The molecule has 21 heavy (non-hydrogen) atoms. The minimum absolute atomic E-state index is 0.0956. The molecule has 7 atom stereocenters. The lowest BCUT2D eigenvalue weighted by Gasteiger charge is -2.59. The van der Waals surface area contributed by atoms with Crippen LogP contribution in [0.25, 0.3) is 0 Å². The molecule has 2 heterocycles. The van der Waals surface area contributed by atoms with E-state index in [-0.39, 0.29) is 29.3 Å². The van der Waals surface area contributed by atoms with Crippen molar-refractivity contribution in [3.63, 3.8) is 0 Å². The number of hydrogen-bond acceptors (Lipinski definition) is 4. The van der Waals surface area contributed by atoms with Crippen molar-refractivity contribution >= 4 is 16.8 Å². The molecule has 1 saturated heterocycles. The van der Waals surface area contributed by atoms with Gasteiger partial charge in [-0.3, -0.25) is 4.21 Å². The Kier molecular flexibility index (Phi) is 3.52. The van der Waals surface area contributed by atoms with Gasteiger partial charge >= 0.3 is 5.97 Å². The summed E-state index contributed by atoms with van der Waals surface area (Å²) in [7, 11) is -1.17. The molecule has 2 N–H and O–H groups in total. The molecule has 2 aliphatic heterocycles. The number of nitrogens with zero attached hydrogens (tertiary/aromatic N) is 1. The van der Waals surface area contributed by atoms with Crippen LogP contribution in [0.5, 0.6) is 0 Å². The van der Waals surface area contributed by atoms with Gasteiger partial charge in [-0.05, 0) is 19.8 Å². The fraction of sp³-hybridized carbons (Fsp3) is 0.786. The summed E-state index contributed by atoms with van der Waals surface area (Å²) in [4.78, 5) is 11.7. The standard InChI is InChI=1S/C14H21NO5S/c1-7(16)9-6-15(19)12(9)8-4-3-5-10(21(2)20)11(8)13(15)14(17)18/h7-10,12,16H,3-6H2,1-2H3,(H,17,18)/t7?,8-,9+,10-,12+,15?,21?/m0/s1. The van der Waals surface area contributed by atoms with E-state index in [9.17, 15) is 24.4 Å². The molecule has 0 aromatic heterocycles. The normalized spacial score (nSPS) is 44.6. The van der Waals surface area contributed by atoms with Gasteiger partial charge in [0.1, 0.15) is 6.04 Å². The van der Waals surface area contributed by atoms with Crippen LogP contribution in [0.4, 0.5) is 0 Å². The van der Waals surface area contributed by atoms with E-state index in [1.165, 1.54) is 0 Å². The zero-order valence-electron chi connectivity index (χ0n) is 12.2. The number of quaternary nitrogens is 1. The largest absolute Gasteiger partial charge is 0.627 e. The van der Waals surface area contributed by atoms with Crippen LogP contribution < -0.4 is 0 Å². The van der Waals surface area contributed by atoms with Crippen LogP contribution in [0.3, 0.4) is 0 Å². The van der Waals surface area contributed by atoms with Crippen molar-refractivity contribution in [1.29, 1.82) is 0 Å². The van der Waals surface area contributed by atoms with E-state index in [0.29, 0.717) is 12.0 Å². The average molecular weight is 315 g/mol. The van der Waals surface area contributed by atoms with Gasteiger partial charge in [0.2, 0.25) is 5.70 Å². The van der Waals surface area contributed by atoms with E-state index in [2.05, 4.69) is 0 Å². The van der Waals surface area contributed by atoms with Crippen molar-refractivity contribution in [3.8, 4) is 0 Å². The molecule has 0 amide bonds. The Bertz CT molecular complexity index is 545. The van der Waals surface area contributed by atoms with Crippen molar-refractivity contribution in [2.45, 2.75) is 43.6 Å². The van der Waals surface area contributed by atoms with E-state index < -0.39 is 33.6 Å². The average Bonchev–Trinajstić information content (AvgIpc) is 2.55. The third-order valence-corrected chi connectivity index (χ3v) is 6.71. The summed E-state index contributed by atoms with van der Waals surface area (Å²) >= 11 is 0. The Hall–Kier alpha value is -0.760. The van der Waals surface area contributed by atoms with Gasteiger partial charge in [0, 0.05) is 28.5 Å². The number of aliphatic hydroxyl groups is 1. The van der Waals surface area contributed by atoms with Crippen molar-refractivity contribution in [2.24, 2.45) is 11.8 Å². The van der Waals surface area contributed by atoms with Crippen LogP contribution in [0.1, 0.15) is 26.2 Å². The first kappa shape index (κ1) is 15.1. The molecule has 3 rings (SSSR count). The number of carboxylic acids is 1. The van der Waals surface area contributed by atoms with Crippen molar-refractivity contribution in [2.75, 3.05) is 12.8 Å². The fourth-order valence-electron chi connectivity index (χ4n) is 4.59. The number of hydroxylamine groups is 3. The number of rotatable bonds is 3. The zero-order valence-corrected chi connectivity index (χ0v) is 13.0. The van der Waals surface area contributed by atoms with Gasteiger partial charge in [0.05, 0.1) is 23.8 Å². The highest BCUT2D eigenvalue weighted by Gasteiger charge is 2.66. The molecule has 0 radical (unpaired) electrons. The van der Waals surface area contributed by atoms with Crippen LogP contribution in [0, 0.1) is 17.0 Å². The summed E-state index contributed by atoms with van der Waals surface area (Å²) in [5, 5.41) is 32.1. The highest BCUT2D eigenvalue weighted by molar-refractivity contribution is 7.85. The quantitative estimate of drug-likeness (QED) is 0.586. The smallest absolute Gasteiger partial charge is 0.390 e. The maximum absolute atomic E-state index is 13.0. The topological polar surface area (TPSA) is 97.7 Å². The molecular formula is C14H21NO5S. The van der Waals surface area contributed by atoms with E-state index in [4.69, 9.17) is 0 Å². The molecule has 1 saturated carbocycles. The highest BCUT2D eigenvalue weighted by atomic mass is 32.2. The van der Waals surface area contributed by atoms with E-state index in [1.807, 2.05) is 0 Å². The number of carboxylic acid groups (broad SMARTS) is 1. The Morgan fingerprint density at radius 3 is 2.67 bits per heavy atom. The van der Waals surface area contributed by atoms with Crippen LogP contribution in [-0.2, 0) is 15.6 Å². The zero-order chi connectivity index (χ0) is 15.5. The number of carbonyl (C=O) groups is 1. The van der Waals surface area contributed by atoms with E-state index in [1.54, 1.807) is 13.2 Å². The van der Waals surface area contributed by atoms with Gasteiger partial charge in [-0.2, -0.15) is 0 Å². The molecule has 2 fully saturated rings. The second-order valence-electron chi connectivity index (χ2n) is 6.51. The third-order valence-electron chi connectivity index (χ3n) is 5.42. The van der Waals surface area contributed by atoms with Crippen LogP contribution >= 0.6 is 0 Å². The molecule has 118 valence electrons. The maximum Gasteiger partial charge on any atom is 0.390 e. The summed E-state index contributed by atoms with van der Waals surface area (Å²) in [5.41, 5.74) is 0.513. The first-order chi connectivity index (χ1) is 9.79. The molecule has 0 aromatic rings. The van der Waals surface area contributed by atoms with E-state index in [0.717, 1.165) is 12.8 Å². The lowest BCUT2D eigenvalue weighted by Crippen LogP contribution is -2.69. The van der Waals surface area contributed by atoms with Crippen molar-refractivity contribution in [1.82, 2.24) is 0 Å². The lowest BCUT2D eigenvalue weighted by molar-refractivity contribution is -0.918. The Morgan fingerprint density at radius 2 is 2.14 bits per heavy atom. The van der Waals surface area contributed by atoms with Gasteiger partial charge in [-0.1, -0.05) is 6.42 Å². The first-order valence-electron chi connectivity index (χ1n) is 7.36. The van der Waals surface area contributed by atoms with Gasteiger partial charge in [-0.15, -0.1) is 0 Å². The predicted molar refractivity (Wildman–Crippen MR) is 77.3 cm³/mol. The molecule has 3 unspecified atom stereocenters. The first-order valence-corrected chi connectivity index (χ1v) is 8.98. The Balaban J connectivity index is 2.09.